The first-order chi connectivity index (χ1) is 11.6. The van der Waals surface area contributed by atoms with Gasteiger partial charge in [0.1, 0.15) is 17.2 Å². The lowest BCUT2D eigenvalue weighted by atomic mass is 10.2. The monoisotopic (exact) mass is 346 g/mol. The van der Waals surface area contributed by atoms with E-state index in [0.717, 1.165) is 0 Å². The summed E-state index contributed by atoms with van der Waals surface area (Å²) in [7, 11) is 4.61. The molecule has 0 aliphatic carbocycles. The lowest BCUT2D eigenvalue weighted by Gasteiger charge is -2.13. The van der Waals surface area contributed by atoms with Crippen molar-refractivity contribution < 1.29 is 19.0 Å². The fraction of sp³-hybridized carbons (Fsp3) is 0.176. The van der Waals surface area contributed by atoms with Crippen LogP contribution in [-0.2, 0) is 0 Å². The highest BCUT2D eigenvalue weighted by molar-refractivity contribution is 7.80. The maximum Gasteiger partial charge on any atom is 0.261 e. The Labute approximate surface area is 145 Å². The molecule has 126 valence electrons. The van der Waals surface area contributed by atoms with Crippen molar-refractivity contribution in [3.63, 3.8) is 0 Å². The molecule has 0 saturated carbocycles. The van der Waals surface area contributed by atoms with Gasteiger partial charge in [-0.1, -0.05) is 6.07 Å². The average molecular weight is 346 g/mol. The molecule has 2 aromatic carbocycles. The van der Waals surface area contributed by atoms with Gasteiger partial charge in [-0.3, -0.25) is 10.1 Å². The largest absolute Gasteiger partial charge is 0.497 e. The zero-order valence-electron chi connectivity index (χ0n) is 13.6. The van der Waals surface area contributed by atoms with Crippen LogP contribution in [0.4, 0.5) is 5.69 Å². The van der Waals surface area contributed by atoms with Crippen LogP contribution in [0.2, 0.25) is 0 Å². The summed E-state index contributed by atoms with van der Waals surface area (Å²) in [6.07, 6.45) is 0. The zero-order valence-corrected chi connectivity index (χ0v) is 14.4. The van der Waals surface area contributed by atoms with E-state index in [4.69, 9.17) is 26.4 Å². The van der Waals surface area contributed by atoms with E-state index in [9.17, 15) is 4.79 Å². The molecule has 0 heterocycles. The van der Waals surface area contributed by atoms with Crippen molar-refractivity contribution in [2.45, 2.75) is 0 Å². The van der Waals surface area contributed by atoms with Crippen LogP contribution in [0.15, 0.2) is 42.5 Å². The van der Waals surface area contributed by atoms with Crippen LogP contribution in [-0.4, -0.2) is 32.3 Å². The smallest absolute Gasteiger partial charge is 0.261 e. The van der Waals surface area contributed by atoms with Crippen LogP contribution in [0.5, 0.6) is 17.2 Å². The van der Waals surface area contributed by atoms with Crippen LogP contribution >= 0.6 is 12.2 Å². The van der Waals surface area contributed by atoms with E-state index >= 15 is 0 Å². The molecular formula is C17H18N2O4S. The summed E-state index contributed by atoms with van der Waals surface area (Å²) < 4.78 is 15.5. The maximum atomic E-state index is 12.4. The third-order valence-corrected chi connectivity index (χ3v) is 3.41. The Morgan fingerprint density at radius 3 is 2.33 bits per heavy atom. The molecule has 7 heteroatoms. The molecule has 0 radical (unpaired) electrons. The summed E-state index contributed by atoms with van der Waals surface area (Å²) in [6.45, 7) is 0. The molecular weight excluding hydrogens is 328 g/mol. The van der Waals surface area contributed by atoms with Gasteiger partial charge >= 0.3 is 0 Å². The van der Waals surface area contributed by atoms with Crippen molar-refractivity contribution in [1.82, 2.24) is 5.32 Å². The van der Waals surface area contributed by atoms with Gasteiger partial charge in [0.15, 0.2) is 5.11 Å². The standard InChI is InChI=1S/C17H18N2O4S/c1-21-12-6-4-5-11(9-12)18-17(24)19-16(20)14-8-7-13(22-2)10-15(14)23-3/h4-10H,1-3H3,(H2,18,19,20,24). The number of carbonyl (C=O) groups excluding carboxylic acids is 1. The molecule has 2 rings (SSSR count). The first kappa shape index (κ1) is 17.6. The van der Waals surface area contributed by atoms with Gasteiger partial charge in [0, 0.05) is 17.8 Å². The number of carbonyl (C=O) groups is 1. The molecule has 0 unspecified atom stereocenters. The second-order valence-corrected chi connectivity index (χ2v) is 5.11. The van der Waals surface area contributed by atoms with Crippen LogP contribution in [0, 0.1) is 0 Å². The van der Waals surface area contributed by atoms with E-state index in [2.05, 4.69) is 10.6 Å². The molecule has 0 spiro atoms. The van der Waals surface area contributed by atoms with Crippen molar-refractivity contribution in [1.29, 1.82) is 0 Å². The van der Waals surface area contributed by atoms with Gasteiger partial charge in [-0.25, -0.2) is 0 Å². The fourth-order valence-corrected chi connectivity index (χ4v) is 2.23. The zero-order chi connectivity index (χ0) is 17.5. The number of anilines is 1. The maximum absolute atomic E-state index is 12.4. The molecule has 2 aromatic rings. The molecule has 0 bridgehead atoms. The predicted octanol–water partition coefficient (Wildman–Crippen LogP) is 2.84. The summed E-state index contributed by atoms with van der Waals surface area (Å²) in [5.74, 6) is 1.30. The Kier molecular flexibility index (Phi) is 5.97. The Morgan fingerprint density at radius 2 is 1.67 bits per heavy atom. The van der Waals surface area contributed by atoms with Crippen molar-refractivity contribution >= 4 is 28.9 Å². The van der Waals surface area contributed by atoms with Crippen LogP contribution in [0.3, 0.4) is 0 Å². The number of benzene rings is 2. The molecule has 0 aliphatic rings. The highest BCUT2D eigenvalue weighted by atomic mass is 32.1. The molecule has 0 aliphatic heterocycles. The number of methoxy groups -OCH3 is 3. The second kappa shape index (κ2) is 8.16. The number of amides is 1. The van der Waals surface area contributed by atoms with Gasteiger partial charge in [0.2, 0.25) is 0 Å². The molecule has 2 N–H and O–H groups in total. The number of hydrogen-bond donors (Lipinski definition) is 2. The molecule has 0 fully saturated rings. The average Bonchev–Trinajstić information content (AvgIpc) is 2.60. The number of hydrogen-bond acceptors (Lipinski definition) is 5. The number of nitrogens with one attached hydrogen (secondary N) is 2. The normalized spacial score (nSPS) is 9.79. The highest BCUT2D eigenvalue weighted by Crippen LogP contribution is 2.24. The van der Waals surface area contributed by atoms with Gasteiger partial charge in [-0.15, -0.1) is 0 Å². The number of rotatable bonds is 5. The Bertz CT molecular complexity index is 749. The van der Waals surface area contributed by atoms with Gasteiger partial charge in [-0.05, 0) is 36.5 Å². The second-order valence-electron chi connectivity index (χ2n) is 4.71. The lowest BCUT2D eigenvalue weighted by Crippen LogP contribution is -2.34. The molecule has 6 nitrogen and oxygen atoms in total. The first-order valence-corrected chi connectivity index (χ1v) is 7.46. The van der Waals surface area contributed by atoms with Crippen LogP contribution < -0.4 is 24.8 Å². The van der Waals surface area contributed by atoms with Crippen molar-refractivity contribution in [2.24, 2.45) is 0 Å². The Morgan fingerprint density at radius 1 is 0.958 bits per heavy atom. The van der Waals surface area contributed by atoms with Gasteiger partial charge in [0.05, 0.1) is 26.9 Å². The topological polar surface area (TPSA) is 68.8 Å². The SMILES string of the molecule is COc1cccc(NC(=S)NC(=O)c2ccc(OC)cc2OC)c1. The number of ether oxygens (including phenoxy) is 3. The number of thiocarbonyl (C=S) groups is 1. The third-order valence-electron chi connectivity index (χ3n) is 3.21. The quantitative estimate of drug-likeness (QED) is 0.812. The summed E-state index contributed by atoms with van der Waals surface area (Å²) in [6, 6.07) is 12.1. The molecule has 0 aromatic heterocycles. The summed E-state index contributed by atoms with van der Waals surface area (Å²) >= 11 is 5.17. The minimum absolute atomic E-state index is 0.172. The van der Waals surface area contributed by atoms with E-state index < -0.39 is 0 Å². The van der Waals surface area contributed by atoms with E-state index in [1.807, 2.05) is 18.2 Å². The lowest BCUT2D eigenvalue weighted by molar-refractivity contribution is 0.0974. The third kappa shape index (κ3) is 4.36. The predicted molar refractivity (Wildman–Crippen MR) is 96.2 cm³/mol. The van der Waals surface area contributed by atoms with E-state index in [-0.39, 0.29) is 11.0 Å². The molecule has 24 heavy (non-hydrogen) atoms. The van der Waals surface area contributed by atoms with Gasteiger partial charge < -0.3 is 19.5 Å². The van der Waals surface area contributed by atoms with E-state index in [1.54, 1.807) is 38.5 Å². The van der Waals surface area contributed by atoms with Crippen molar-refractivity contribution in [3.05, 3.63) is 48.0 Å². The van der Waals surface area contributed by atoms with Crippen molar-refractivity contribution in [3.8, 4) is 17.2 Å². The summed E-state index contributed by atoms with van der Waals surface area (Å²) in [5, 5.41) is 5.72. The summed E-state index contributed by atoms with van der Waals surface area (Å²) in [4.78, 5) is 12.4. The Hall–Kier alpha value is -2.80. The Balaban J connectivity index is 2.07. The summed E-state index contributed by atoms with van der Waals surface area (Å²) in [5.41, 5.74) is 1.06. The minimum Gasteiger partial charge on any atom is -0.497 e. The molecule has 0 atom stereocenters. The molecule has 0 saturated heterocycles. The highest BCUT2D eigenvalue weighted by Gasteiger charge is 2.14. The minimum atomic E-state index is -0.380. The first-order valence-electron chi connectivity index (χ1n) is 7.05. The van der Waals surface area contributed by atoms with Crippen LogP contribution in [0.1, 0.15) is 10.4 Å². The molecule has 1 amide bonds. The van der Waals surface area contributed by atoms with E-state index in [1.165, 1.54) is 7.11 Å². The van der Waals surface area contributed by atoms with Gasteiger partial charge in [0.25, 0.3) is 5.91 Å². The van der Waals surface area contributed by atoms with Gasteiger partial charge in [-0.2, -0.15) is 0 Å². The van der Waals surface area contributed by atoms with Crippen molar-refractivity contribution in [2.75, 3.05) is 26.6 Å². The fourth-order valence-electron chi connectivity index (χ4n) is 2.02. The van der Waals surface area contributed by atoms with Crippen LogP contribution in [0.25, 0.3) is 0 Å². The van der Waals surface area contributed by atoms with E-state index in [0.29, 0.717) is 28.5 Å².